The standard InChI is InChI=1S/C21H21N3O/c1-3-4-15-22-19-12-10-18(11-13-19)21-24-23-20(25-21)14-9-17-7-5-16(2)6-8-17/h5-8,10-13,22H,3-4,15H2,1-2H3. The molecular weight excluding hydrogens is 310 g/mol. The molecule has 0 bridgehead atoms. The molecule has 0 fully saturated rings. The molecule has 1 heterocycles. The summed E-state index contributed by atoms with van der Waals surface area (Å²) < 4.78 is 5.64. The van der Waals surface area contributed by atoms with Crippen molar-refractivity contribution in [3.63, 3.8) is 0 Å². The minimum Gasteiger partial charge on any atom is -0.410 e. The van der Waals surface area contributed by atoms with Crippen LogP contribution >= 0.6 is 0 Å². The Kier molecular flexibility index (Phi) is 5.48. The molecule has 0 aliphatic rings. The lowest BCUT2D eigenvalue weighted by atomic mass is 10.2. The highest BCUT2D eigenvalue weighted by molar-refractivity contribution is 5.58. The number of anilines is 1. The van der Waals surface area contributed by atoms with Crippen molar-refractivity contribution in [3.8, 4) is 23.3 Å². The zero-order chi connectivity index (χ0) is 17.5. The molecule has 2 aromatic carbocycles. The van der Waals surface area contributed by atoms with Gasteiger partial charge in [-0.3, -0.25) is 0 Å². The van der Waals surface area contributed by atoms with Gasteiger partial charge in [0.2, 0.25) is 5.89 Å². The molecule has 3 rings (SSSR count). The predicted molar refractivity (Wildman–Crippen MR) is 100 cm³/mol. The largest absolute Gasteiger partial charge is 0.410 e. The van der Waals surface area contributed by atoms with Gasteiger partial charge in [-0.25, -0.2) is 0 Å². The van der Waals surface area contributed by atoms with E-state index in [9.17, 15) is 0 Å². The van der Waals surface area contributed by atoms with Gasteiger partial charge in [-0.2, -0.15) is 0 Å². The molecule has 0 spiro atoms. The van der Waals surface area contributed by atoms with Crippen LogP contribution in [0.1, 0.15) is 36.8 Å². The van der Waals surface area contributed by atoms with Crippen LogP contribution in [0.5, 0.6) is 0 Å². The molecule has 4 heteroatoms. The van der Waals surface area contributed by atoms with E-state index in [1.54, 1.807) is 0 Å². The van der Waals surface area contributed by atoms with Gasteiger partial charge in [0.05, 0.1) is 0 Å². The summed E-state index contributed by atoms with van der Waals surface area (Å²) in [4.78, 5) is 0. The second-order valence-corrected chi connectivity index (χ2v) is 5.89. The van der Waals surface area contributed by atoms with Gasteiger partial charge in [-0.05, 0) is 55.7 Å². The van der Waals surface area contributed by atoms with E-state index in [2.05, 4.69) is 34.3 Å². The monoisotopic (exact) mass is 331 g/mol. The highest BCUT2D eigenvalue weighted by Gasteiger charge is 2.06. The first-order valence-electron chi connectivity index (χ1n) is 8.51. The normalized spacial score (nSPS) is 10.2. The molecule has 1 aromatic heterocycles. The molecule has 0 unspecified atom stereocenters. The zero-order valence-corrected chi connectivity index (χ0v) is 14.5. The number of hydrogen-bond acceptors (Lipinski definition) is 4. The van der Waals surface area contributed by atoms with Crippen LogP contribution in [0.15, 0.2) is 52.9 Å². The van der Waals surface area contributed by atoms with Crippen molar-refractivity contribution in [1.29, 1.82) is 0 Å². The minimum atomic E-state index is 0.320. The lowest BCUT2D eigenvalue weighted by Crippen LogP contribution is -2.00. The van der Waals surface area contributed by atoms with Gasteiger partial charge in [0.15, 0.2) is 0 Å². The number of aromatic nitrogens is 2. The molecule has 0 aliphatic heterocycles. The second kappa shape index (κ2) is 8.16. The highest BCUT2D eigenvalue weighted by atomic mass is 16.4. The minimum absolute atomic E-state index is 0.320. The maximum atomic E-state index is 5.64. The lowest BCUT2D eigenvalue weighted by Gasteiger charge is -2.05. The molecule has 0 amide bonds. The molecule has 0 saturated carbocycles. The van der Waals surface area contributed by atoms with Crippen LogP contribution in [0.3, 0.4) is 0 Å². The van der Waals surface area contributed by atoms with Crippen LogP contribution in [0.4, 0.5) is 5.69 Å². The third-order valence-corrected chi connectivity index (χ3v) is 3.78. The van der Waals surface area contributed by atoms with Crippen molar-refractivity contribution in [3.05, 3.63) is 65.5 Å². The summed E-state index contributed by atoms with van der Waals surface area (Å²) in [5.74, 6) is 6.75. The van der Waals surface area contributed by atoms with Gasteiger partial charge < -0.3 is 9.73 Å². The van der Waals surface area contributed by atoms with Crippen LogP contribution in [-0.2, 0) is 0 Å². The molecule has 126 valence electrons. The summed E-state index contributed by atoms with van der Waals surface area (Å²) in [5, 5.41) is 11.5. The molecule has 25 heavy (non-hydrogen) atoms. The smallest absolute Gasteiger partial charge is 0.294 e. The van der Waals surface area contributed by atoms with E-state index in [0.717, 1.165) is 29.8 Å². The average molecular weight is 331 g/mol. The maximum Gasteiger partial charge on any atom is 0.294 e. The molecule has 3 aromatic rings. The molecule has 0 aliphatic carbocycles. The molecule has 0 atom stereocenters. The van der Waals surface area contributed by atoms with E-state index in [4.69, 9.17) is 4.42 Å². The van der Waals surface area contributed by atoms with Gasteiger partial charge >= 0.3 is 0 Å². The summed E-state index contributed by atoms with van der Waals surface area (Å²) in [6.45, 7) is 5.21. The third kappa shape index (κ3) is 4.71. The Morgan fingerprint density at radius 2 is 1.72 bits per heavy atom. The van der Waals surface area contributed by atoms with E-state index >= 15 is 0 Å². The number of rotatable bonds is 5. The molecule has 4 nitrogen and oxygen atoms in total. The van der Waals surface area contributed by atoms with Crippen LogP contribution in [-0.4, -0.2) is 16.7 Å². The summed E-state index contributed by atoms with van der Waals surface area (Å²) in [6.07, 6.45) is 2.34. The van der Waals surface area contributed by atoms with Crippen LogP contribution in [0, 0.1) is 18.8 Å². The first-order chi connectivity index (χ1) is 12.2. The first kappa shape index (κ1) is 16.8. The number of aryl methyl sites for hydroxylation is 1. The predicted octanol–water partition coefficient (Wildman–Crippen LogP) is 4.66. The Morgan fingerprint density at radius 3 is 2.44 bits per heavy atom. The van der Waals surface area contributed by atoms with Crippen LogP contribution in [0.2, 0.25) is 0 Å². The van der Waals surface area contributed by atoms with Crippen LogP contribution in [0.25, 0.3) is 11.5 Å². The van der Waals surface area contributed by atoms with Crippen LogP contribution < -0.4 is 5.32 Å². The van der Waals surface area contributed by atoms with Crippen molar-refractivity contribution < 1.29 is 4.42 Å². The number of benzene rings is 2. The summed E-state index contributed by atoms with van der Waals surface area (Å²) in [7, 11) is 0. The fraction of sp³-hybridized carbons (Fsp3) is 0.238. The lowest BCUT2D eigenvalue weighted by molar-refractivity contribution is 0.555. The van der Waals surface area contributed by atoms with Gasteiger partial charge in [0, 0.05) is 23.4 Å². The Hall–Kier alpha value is -3.06. The summed E-state index contributed by atoms with van der Waals surface area (Å²) >= 11 is 0. The van der Waals surface area contributed by atoms with E-state index in [-0.39, 0.29) is 0 Å². The van der Waals surface area contributed by atoms with E-state index < -0.39 is 0 Å². The van der Waals surface area contributed by atoms with Gasteiger partial charge in [-0.15, -0.1) is 5.10 Å². The quantitative estimate of drug-likeness (QED) is 0.546. The SMILES string of the molecule is CCCCNc1ccc(-c2nnc(C#Cc3ccc(C)cc3)o2)cc1. The third-order valence-electron chi connectivity index (χ3n) is 3.78. The zero-order valence-electron chi connectivity index (χ0n) is 14.5. The van der Waals surface area contributed by atoms with Gasteiger partial charge in [0.25, 0.3) is 5.89 Å². The molecule has 1 N–H and O–H groups in total. The number of nitrogens with zero attached hydrogens (tertiary/aromatic N) is 2. The molecular formula is C21H21N3O. The van der Waals surface area contributed by atoms with E-state index in [0.29, 0.717) is 11.8 Å². The summed E-state index contributed by atoms with van der Waals surface area (Å²) in [6, 6.07) is 16.0. The Balaban J connectivity index is 1.68. The molecule has 0 radical (unpaired) electrons. The second-order valence-electron chi connectivity index (χ2n) is 5.89. The fourth-order valence-corrected chi connectivity index (χ4v) is 2.29. The van der Waals surface area contributed by atoms with Crippen molar-refractivity contribution in [2.45, 2.75) is 26.7 Å². The highest BCUT2D eigenvalue weighted by Crippen LogP contribution is 2.20. The topological polar surface area (TPSA) is 51.0 Å². The number of hydrogen-bond donors (Lipinski definition) is 1. The Morgan fingerprint density at radius 1 is 0.960 bits per heavy atom. The van der Waals surface area contributed by atoms with E-state index in [1.807, 2.05) is 55.5 Å². The fourth-order valence-electron chi connectivity index (χ4n) is 2.29. The average Bonchev–Trinajstić information content (AvgIpc) is 3.11. The Labute approximate surface area is 148 Å². The number of nitrogens with one attached hydrogen (secondary N) is 1. The maximum absolute atomic E-state index is 5.64. The summed E-state index contributed by atoms with van der Waals surface area (Å²) in [5.41, 5.74) is 4.11. The Bertz CT molecular complexity index is 868. The molecule has 0 saturated heterocycles. The first-order valence-corrected chi connectivity index (χ1v) is 8.51. The van der Waals surface area contributed by atoms with Crippen molar-refractivity contribution >= 4 is 5.69 Å². The van der Waals surface area contributed by atoms with Crippen molar-refractivity contribution in [2.75, 3.05) is 11.9 Å². The van der Waals surface area contributed by atoms with Gasteiger partial charge in [0.1, 0.15) is 0 Å². The van der Waals surface area contributed by atoms with Crippen molar-refractivity contribution in [1.82, 2.24) is 10.2 Å². The van der Waals surface area contributed by atoms with Crippen molar-refractivity contribution in [2.24, 2.45) is 0 Å². The van der Waals surface area contributed by atoms with E-state index in [1.165, 1.54) is 12.0 Å². The number of unbranched alkanes of at least 4 members (excludes halogenated alkanes) is 1. The van der Waals surface area contributed by atoms with Gasteiger partial charge in [-0.1, -0.05) is 42.1 Å².